The van der Waals surface area contributed by atoms with E-state index < -0.39 is 13.5 Å². The molecular weight excluding hydrogens is 405 g/mol. The Labute approximate surface area is 151 Å². The van der Waals surface area contributed by atoms with Crippen molar-refractivity contribution >= 4 is 81.4 Å². The van der Waals surface area contributed by atoms with Crippen LogP contribution < -0.4 is 5.73 Å². The largest absolute Gasteiger partial charge is 0.473 e. The maximum absolute atomic E-state index is 9.85. The molecule has 0 radical (unpaired) electrons. The van der Waals surface area contributed by atoms with Crippen molar-refractivity contribution < 1.29 is 9.53 Å². The first kappa shape index (κ1) is 20.9. The molecule has 4 nitrogen and oxygen atoms in total. The number of carbonyl (C=O) groups excluding carboxylic acids is 1. The highest BCUT2D eigenvalue weighted by Crippen LogP contribution is 2.28. The molecule has 21 heavy (non-hydrogen) atoms. The Morgan fingerprint density at radius 1 is 1.05 bits per heavy atom. The van der Waals surface area contributed by atoms with Crippen molar-refractivity contribution in [2.75, 3.05) is 0 Å². The van der Waals surface area contributed by atoms with Gasteiger partial charge in [0.25, 0.3) is 13.5 Å². The van der Waals surface area contributed by atoms with E-state index in [0.29, 0.717) is 0 Å². The van der Waals surface area contributed by atoms with Crippen LogP contribution in [0.3, 0.4) is 0 Å². The van der Waals surface area contributed by atoms with Gasteiger partial charge in [0.2, 0.25) is 5.90 Å². The first-order valence-corrected chi connectivity index (χ1v) is 7.40. The number of ether oxygens (including phenoxy) is 1. The molecule has 0 aliphatic rings. The zero-order valence-corrected chi connectivity index (χ0v) is 14.8. The highest BCUT2D eigenvalue weighted by molar-refractivity contribution is 6.76. The van der Waals surface area contributed by atoms with E-state index in [1.165, 1.54) is 0 Å². The van der Waals surface area contributed by atoms with E-state index in [4.69, 9.17) is 79.8 Å². The third-order valence-corrected chi connectivity index (χ3v) is 2.84. The monoisotopic (exact) mass is 412 g/mol. The lowest BCUT2D eigenvalue weighted by Crippen LogP contribution is -2.27. The fraction of sp³-hybridized carbons (Fsp3) is 0.273. The lowest BCUT2D eigenvalue weighted by molar-refractivity contribution is -0.117. The minimum Gasteiger partial charge on any atom is -0.473 e. The molecule has 0 saturated heterocycles. The molecule has 1 rings (SSSR count). The molecule has 1 amide bonds. The summed E-state index contributed by atoms with van der Waals surface area (Å²) in [4.78, 5) is 9.85. The molecule has 1 aromatic carbocycles. The van der Waals surface area contributed by atoms with Gasteiger partial charge in [-0.2, -0.15) is 0 Å². The van der Waals surface area contributed by atoms with E-state index in [1.54, 1.807) is 0 Å². The summed E-state index contributed by atoms with van der Waals surface area (Å²) in [5.74, 6) is -1.33. The highest BCUT2D eigenvalue weighted by atomic mass is 35.6. The number of benzene rings is 1. The average Bonchev–Trinajstić information content (AvgIpc) is 2.35. The first-order chi connectivity index (χ1) is 9.44. The van der Waals surface area contributed by atoms with Gasteiger partial charge in [-0.3, -0.25) is 10.2 Å². The van der Waals surface area contributed by atoms with E-state index in [1.807, 2.05) is 30.3 Å². The van der Waals surface area contributed by atoms with Crippen molar-refractivity contribution in [2.45, 2.75) is 14.2 Å². The minimum absolute atomic E-state index is 0.230. The van der Waals surface area contributed by atoms with Crippen molar-refractivity contribution in [3.63, 3.8) is 0 Å². The summed E-state index contributed by atoms with van der Waals surface area (Å²) in [7, 11) is 0. The van der Waals surface area contributed by atoms with Crippen LogP contribution >= 0.6 is 69.6 Å². The van der Waals surface area contributed by atoms with Crippen molar-refractivity contribution in [1.82, 2.24) is 0 Å². The zero-order valence-electron chi connectivity index (χ0n) is 10.3. The van der Waals surface area contributed by atoms with Gasteiger partial charge in [0.1, 0.15) is 6.61 Å². The summed E-state index contributed by atoms with van der Waals surface area (Å²) >= 11 is 31.1. The van der Waals surface area contributed by atoms with Crippen LogP contribution in [0.15, 0.2) is 30.3 Å². The average molecular weight is 415 g/mol. The standard InChI is InChI=1S/C9H8Cl3NO.C2H2Cl3NO/c10-9(11,12)8(13)14-6-7-4-2-1-3-5-7;3-2(4,5)1(6)7/h1-5,13H,6H2;(H2,6,7). The van der Waals surface area contributed by atoms with Gasteiger partial charge < -0.3 is 10.5 Å². The van der Waals surface area contributed by atoms with Gasteiger partial charge in [0.15, 0.2) is 0 Å². The zero-order chi connectivity index (χ0) is 16.7. The van der Waals surface area contributed by atoms with Crippen LogP contribution in [-0.2, 0) is 16.1 Å². The molecule has 0 unspecified atom stereocenters. The molecule has 0 aliphatic heterocycles. The maximum Gasteiger partial charge on any atom is 0.269 e. The van der Waals surface area contributed by atoms with Crippen molar-refractivity contribution in [3.8, 4) is 0 Å². The second-order valence-electron chi connectivity index (χ2n) is 3.46. The Morgan fingerprint density at radius 3 is 1.81 bits per heavy atom. The Bertz CT molecular complexity index is 470. The fourth-order valence-electron chi connectivity index (χ4n) is 0.812. The predicted molar refractivity (Wildman–Crippen MR) is 88.7 cm³/mol. The van der Waals surface area contributed by atoms with Crippen LogP contribution in [0.5, 0.6) is 0 Å². The summed E-state index contributed by atoms with van der Waals surface area (Å²) < 4.78 is 1.25. The normalized spacial score (nSPS) is 11.1. The molecular formula is C11H10Cl6N2O2. The molecule has 0 spiro atoms. The minimum atomic E-state index is -1.94. The van der Waals surface area contributed by atoms with E-state index in [9.17, 15) is 4.79 Å². The van der Waals surface area contributed by atoms with Crippen molar-refractivity contribution in [2.24, 2.45) is 5.73 Å². The number of carbonyl (C=O) groups is 1. The van der Waals surface area contributed by atoms with Gasteiger partial charge >= 0.3 is 0 Å². The summed E-state index contributed by atoms with van der Waals surface area (Å²) in [6.45, 7) is 0.230. The van der Waals surface area contributed by atoms with Crippen molar-refractivity contribution in [1.29, 1.82) is 5.41 Å². The molecule has 0 saturated carbocycles. The number of primary amides is 1. The van der Waals surface area contributed by atoms with Gasteiger partial charge in [-0.1, -0.05) is 99.9 Å². The van der Waals surface area contributed by atoms with Gasteiger partial charge in [-0.05, 0) is 5.56 Å². The van der Waals surface area contributed by atoms with Crippen LogP contribution in [0.25, 0.3) is 0 Å². The number of alkyl halides is 6. The molecule has 0 heterocycles. The predicted octanol–water partition coefficient (Wildman–Crippen LogP) is 4.39. The second-order valence-corrected chi connectivity index (χ2v) is 8.03. The fourth-order valence-corrected chi connectivity index (χ4v) is 0.975. The Balaban J connectivity index is 0.000000486. The molecule has 0 atom stereocenters. The van der Waals surface area contributed by atoms with E-state index in [2.05, 4.69) is 5.73 Å². The maximum atomic E-state index is 9.85. The number of amides is 1. The second kappa shape index (κ2) is 9.13. The Hall–Kier alpha value is -0.100. The van der Waals surface area contributed by atoms with E-state index in [-0.39, 0.29) is 12.5 Å². The number of hydrogen-bond donors (Lipinski definition) is 2. The molecule has 0 bridgehead atoms. The Morgan fingerprint density at radius 2 is 1.48 bits per heavy atom. The molecule has 3 N–H and O–H groups in total. The van der Waals surface area contributed by atoms with Crippen LogP contribution in [0.1, 0.15) is 5.56 Å². The van der Waals surface area contributed by atoms with Crippen molar-refractivity contribution in [3.05, 3.63) is 35.9 Å². The van der Waals surface area contributed by atoms with Crippen LogP contribution in [0, 0.1) is 5.41 Å². The summed E-state index contributed by atoms with van der Waals surface area (Å²) in [6.07, 6.45) is 0. The molecule has 1 aromatic rings. The third kappa shape index (κ3) is 10.3. The molecule has 10 heteroatoms. The SMILES string of the molecule is N=C(OCc1ccccc1)C(Cl)(Cl)Cl.NC(=O)C(Cl)(Cl)Cl. The lowest BCUT2D eigenvalue weighted by atomic mass is 10.2. The number of nitrogens with two attached hydrogens (primary N) is 1. The number of halogens is 6. The number of nitrogens with one attached hydrogen (secondary N) is 1. The Kier molecular flexibility index (Phi) is 9.09. The smallest absolute Gasteiger partial charge is 0.269 e. The quantitative estimate of drug-likeness (QED) is 0.427. The topological polar surface area (TPSA) is 76.2 Å². The van der Waals surface area contributed by atoms with E-state index in [0.717, 1.165) is 5.56 Å². The molecule has 118 valence electrons. The molecule has 0 aliphatic carbocycles. The van der Waals surface area contributed by atoms with Gasteiger partial charge in [0.05, 0.1) is 0 Å². The van der Waals surface area contributed by atoms with Gasteiger partial charge in [0, 0.05) is 0 Å². The number of hydrogen-bond acceptors (Lipinski definition) is 3. The van der Waals surface area contributed by atoms with E-state index >= 15 is 0 Å². The first-order valence-electron chi connectivity index (χ1n) is 5.13. The molecule has 0 aromatic heterocycles. The summed E-state index contributed by atoms with van der Waals surface area (Å²) in [5, 5.41) is 7.27. The van der Waals surface area contributed by atoms with Gasteiger partial charge in [-0.15, -0.1) is 0 Å². The molecule has 0 fully saturated rings. The van der Waals surface area contributed by atoms with Gasteiger partial charge in [-0.25, -0.2) is 0 Å². The summed E-state index contributed by atoms with van der Waals surface area (Å²) in [6, 6.07) is 9.37. The van der Waals surface area contributed by atoms with Crippen LogP contribution in [0.2, 0.25) is 0 Å². The van der Waals surface area contributed by atoms with Crippen LogP contribution in [-0.4, -0.2) is 19.4 Å². The highest BCUT2D eigenvalue weighted by Gasteiger charge is 2.28. The van der Waals surface area contributed by atoms with Crippen LogP contribution in [0.4, 0.5) is 0 Å². The number of rotatable bonds is 2. The lowest BCUT2D eigenvalue weighted by Gasteiger charge is -2.13. The summed E-state index contributed by atoms with van der Waals surface area (Å²) in [5.41, 5.74) is 5.46. The third-order valence-electron chi connectivity index (χ3n) is 1.76.